The summed E-state index contributed by atoms with van der Waals surface area (Å²) in [5.74, 6) is 1.35. The molecule has 0 saturated heterocycles. The number of nitrogens with two attached hydrogens (primary N) is 2. The van der Waals surface area contributed by atoms with Gasteiger partial charge in [-0.05, 0) is 12.8 Å². The summed E-state index contributed by atoms with van der Waals surface area (Å²) in [5, 5.41) is 0. The zero-order valence-corrected chi connectivity index (χ0v) is 8.49. The standard InChI is InChI=1S/C10H17N3O/c1-2-3-6-4-7(11)5-8-9(6)13-10(12)14-8/h6-7H,2-5,11H2,1H3,(H2,12,13). The van der Waals surface area contributed by atoms with Gasteiger partial charge in [-0.3, -0.25) is 0 Å². The van der Waals surface area contributed by atoms with E-state index in [9.17, 15) is 0 Å². The van der Waals surface area contributed by atoms with Crippen LogP contribution in [0.25, 0.3) is 0 Å². The van der Waals surface area contributed by atoms with Crippen molar-refractivity contribution < 1.29 is 4.42 Å². The monoisotopic (exact) mass is 195 g/mol. The summed E-state index contributed by atoms with van der Waals surface area (Å²) in [6.07, 6.45) is 4.04. The molecule has 2 rings (SSSR count). The fraction of sp³-hybridized carbons (Fsp3) is 0.700. The molecule has 14 heavy (non-hydrogen) atoms. The van der Waals surface area contributed by atoms with E-state index in [-0.39, 0.29) is 12.1 Å². The molecule has 78 valence electrons. The average molecular weight is 195 g/mol. The highest BCUT2D eigenvalue weighted by molar-refractivity contribution is 5.26. The lowest BCUT2D eigenvalue weighted by molar-refractivity contribution is 0.407. The zero-order valence-electron chi connectivity index (χ0n) is 8.49. The SMILES string of the molecule is CCCC1CC(N)Cc2oc(N)nc21. The van der Waals surface area contributed by atoms with Crippen molar-refractivity contribution in [1.82, 2.24) is 4.98 Å². The Kier molecular flexibility index (Phi) is 2.46. The van der Waals surface area contributed by atoms with Crippen LogP contribution in [0.5, 0.6) is 0 Å². The lowest BCUT2D eigenvalue weighted by Gasteiger charge is -2.24. The van der Waals surface area contributed by atoms with Gasteiger partial charge < -0.3 is 15.9 Å². The van der Waals surface area contributed by atoms with Crippen LogP contribution in [-0.2, 0) is 6.42 Å². The molecule has 0 aromatic carbocycles. The van der Waals surface area contributed by atoms with Crippen LogP contribution < -0.4 is 11.5 Å². The van der Waals surface area contributed by atoms with Crippen molar-refractivity contribution in [2.75, 3.05) is 5.73 Å². The molecule has 0 aliphatic heterocycles. The topological polar surface area (TPSA) is 78.1 Å². The summed E-state index contributed by atoms with van der Waals surface area (Å²) >= 11 is 0. The van der Waals surface area contributed by atoms with Crippen LogP contribution >= 0.6 is 0 Å². The Labute approximate surface area is 83.7 Å². The normalized spacial score (nSPS) is 26.1. The van der Waals surface area contributed by atoms with Gasteiger partial charge in [0.2, 0.25) is 0 Å². The van der Waals surface area contributed by atoms with Crippen molar-refractivity contribution in [3.05, 3.63) is 11.5 Å². The highest BCUT2D eigenvalue weighted by atomic mass is 16.4. The first kappa shape index (κ1) is 9.52. The fourth-order valence-electron chi connectivity index (χ4n) is 2.25. The minimum absolute atomic E-state index is 0.200. The largest absolute Gasteiger partial charge is 0.429 e. The van der Waals surface area contributed by atoms with Crippen LogP contribution in [-0.4, -0.2) is 11.0 Å². The molecular formula is C10H17N3O. The van der Waals surface area contributed by atoms with Crippen molar-refractivity contribution >= 4 is 6.01 Å². The Bertz CT molecular complexity index is 321. The smallest absolute Gasteiger partial charge is 0.292 e. The molecule has 0 fully saturated rings. The van der Waals surface area contributed by atoms with E-state index in [1.54, 1.807) is 0 Å². The number of hydrogen-bond donors (Lipinski definition) is 2. The molecule has 0 bridgehead atoms. The number of fused-ring (bicyclic) bond motifs is 1. The van der Waals surface area contributed by atoms with E-state index in [0.717, 1.165) is 37.1 Å². The highest BCUT2D eigenvalue weighted by Gasteiger charge is 2.29. The molecule has 1 heterocycles. The number of nitrogen functional groups attached to an aromatic ring is 1. The maximum absolute atomic E-state index is 5.95. The van der Waals surface area contributed by atoms with Gasteiger partial charge in [-0.15, -0.1) is 0 Å². The van der Waals surface area contributed by atoms with Crippen LogP contribution in [0.4, 0.5) is 6.01 Å². The van der Waals surface area contributed by atoms with Crippen LogP contribution in [0, 0.1) is 0 Å². The number of anilines is 1. The van der Waals surface area contributed by atoms with Gasteiger partial charge in [0, 0.05) is 18.4 Å². The predicted molar refractivity (Wildman–Crippen MR) is 54.9 cm³/mol. The van der Waals surface area contributed by atoms with Crippen molar-refractivity contribution in [2.24, 2.45) is 5.73 Å². The molecule has 1 aromatic rings. The van der Waals surface area contributed by atoms with Gasteiger partial charge in [0.25, 0.3) is 6.01 Å². The first-order chi connectivity index (χ1) is 6.70. The lowest BCUT2D eigenvalue weighted by Crippen LogP contribution is -2.30. The zero-order chi connectivity index (χ0) is 10.1. The summed E-state index contributed by atoms with van der Waals surface area (Å²) in [6, 6.07) is 0.483. The van der Waals surface area contributed by atoms with Gasteiger partial charge in [-0.25, -0.2) is 0 Å². The number of aromatic nitrogens is 1. The molecule has 4 N–H and O–H groups in total. The van der Waals surface area contributed by atoms with Gasteiger partial charge in [-0.2, -0.15) is 4.98 Å². The Morgan fingerprint density at radius 2 is 2.36 bits per heavy atom. The second kappa shape index (κ2) is 3.61. The van der Waals surface area contributed by atoms with Gasteiger partial charge in [0.1, 0.15) is 5.76 Å². The van der Waals surface area contributed by atoms with Gasteiger partial charge in [0.05, 0.1) is 5.69 Å². The molecule has 0 spiro atoms. The summed E-state index contributed by atoms with van der Waals surface area (Å²) in [7, 11) is 0. The third kappa shape index (κ3) is 1.62. The Balaban J connectivity index is 2.28. The van der Waals surface area contributed by atoms with Gasteiger partial charge >= 0.3 is 0 Å². The Hall–Kier alpha value is -1.03. The highest BCUT2D eigenvalue weighted by Crippen LogP contribution is 2.34. The van der Waals surface area contributed by atoms with E-state index in [2.05, 4.69) is 11.9 Å². The number of nitrogens with zero attached hydrogens (tertiary/aromatic N) is 1. The third-order valence-electron chi connectivity index (χ3n) is 2.80. The first-order valence-electron chi connectivity index (χ1n) is 5.21. The number of hydrogen-bond acceptors (Lipinski definition) is 4. The van der Waals surface area contributed by atoms with E-state index in [4.69, 9.17) is 15.9 Å². The molecule has 0 radical (unpaired) electrons. The second-order valence-corrected chi connectivity index (χ2v) is 4.05. The molecule has 2 unspecified atom stereocenters. The molecule has 1 aromatic heterocycles. The quantitative estimate of drug-likeness (QED) is 0.748. The summed E-state index contributed by atoms with van der Waals surface area (Å²) in [4.78, 5) is 4.24. The first-order valence-corrected chi connectivity index (χ1v) is 5.21. The summed E-state index contributed by atoms with van der Waals surface area (Å²) < 4.78 is 5.34. The van der Waals surface area contributed by atoms with Gasteiger partial charge in [-0.1, -0.05) is 13.3 Å². The van der Waals surface area contributed by atoms with Crippen LogP contribution in [0.1, 0.15) is 43.6 Å². The Morgan fingerprint density at radius 3 is 3.07 bits per heavy atom. The molecule has 1 aliphatic carbocycles. The summed E-state index contributed by atoms with van der Waals surface area (Å²) in [5.41, 5.74) is 12.5. The summed E-state index contributed by atoms with van der Waals surface area (Å²) in [6.45, 7) is 2.17. The molecule has 0 saturated carbocycles. The molecule has 1 aliphatic rings. The minimum atomic E-state index is 0.200. The number of oxazole rings is 1. The van der Waals surface area contributed by atoms with Gasteiger partial charge in [0.15, 0.2) is 0 Å². The van der Waals surface area contributed by atoms with E-state index in [0.29, 0.717) is 5.92 Å². The van der Waals surface area contributed by atoms with Crippen molar-refractivity contribution in [1.29, 1.82) is 0 Å². The van der Waals surface area contributed by atoms with E-state index in [1.807, 2.05) is 0 Å². The van der Waals surface area contributed by atoms with E-state index in [1.165, 1.54) is 0 Å². The molecule has 4 heteroatoms. The molecule has 2 atom stereocenters. The van der Waals surface area contributed by atoms with E-state index < -0.39 is 0 Å². The fourth-order valence-corrected chi connectivity index (χ4v) is 2.25. The Morgan fingerprint density at radius 1 is 1.57 bits per heavy atom. The minimum Gasteiger partial charge on any atom is -0.429 e. The maximum Gasteiger partial charge on any atom is 0.292 e. The maximum atomic E-state index is 5.95. The van der Waals surface area contributed by atoms with Crippen LogP contribution in [0.3, 0.4) is 0 Å². The third-order valence-corrected chi connectivity index (χ3v) is 2.80. The van der Waals surface area contributed by atoms with Crippen molar-refractivity contribution in [3.63, 3.8) is 0 Å². The second-order valence-electron chi connectivity index (χ2n) is 4.05. The molecule has 0 amide bonds. The van der Waals surface area contributed by atoms with Crippen molar-refractivity contribution in [2.45, 2.75) is 44.6 Å². The van der Waals surface area contributed by atoms with Crippen molar-refractivity contribution in [3.8, 4) is 0 Å². The van der Waals surface area contributed by atoms with Crippen LogP contribution in [0.2, 0.25) is 0 Å². The predicted octanol–water partition coefficient (Wildman–Crippen LogP) is 1.41. The average Bonchev–Trinajstić information content (AvgIpc) is 2.45. The van der Waals surface area contributed by atoms with Crippen LogP contribution in [0.15, 0.2) is 4.42 Å². The molecular weight excluding hydrogens is 178 g/mol. The lowest BCUT2D eigenvalue weighted by atomic mass is 9.84. The number of rotatable bonds is 2. The molecule has 4 nitrogen and oxygen atoms in total. The van der Waals surface area contributed by atoms with E-state index >= 15 is 0 Å².